The number of hydrogen-bond acceptors (Lipinski definition) is 3. The molecule has 4 heteroatoms. The summed E-state index contributed by atoms with van der Waals surface area (Å²) in [6.07, 6.45) is 3.79. The van der Waals surface area contributed by atoms with Gasteiger partial charge < -0.3 is 4.98 Å². The molecule has 2 aromatic heterocycles. The second-order valence-corrected chi connectivity index (χ2v) is 7.88. The van der Waals surface area contributed by atoms with Gasteiger partial charge in [-0.1, -0.05) is 6.07 Å². The lowest BCUT2D eigenvalue weighted by Crippen LogP contribution is -2.35. The Hall–Kier alpha value is -2.20. The zero-order valence-electron chi connectivity index (χ0n) is 16.0. The number of piperidine rings is 1. The molecule has 136 valence electrons. The van der Waals surface area contributed by atoms with Crippen LogP contribution in [-0.4, -0.2) is 32.9 Å². The van der Waals surface area contributed by atoms with Crippen LogP contribution in [0.25, 0.3) is 11.0 Å². The summed E-state index contributed by atoms with van der Waals surface area (Å²) in [5.41, 5.74) is 7.29. The van der Waals surface area contributed by atoms with Crippen molar-refractivity contribution in [2.75, 3.05) is 13.1 Å². The number of aromatic amines is 1. The Morgan fingerprint density at radius 2 is 1.85 bits per heavy atom. The van der Waals surface area contributed by atoms with Crippen molar-refractivity contribution in [3.63, 3.8) is 0 Å². The molecule has 1 saturated heterocycles. The van der Waals surface area contributed by atoms with E-state index in [4.69, 9.17) is 0 Å². The molecule has 0 radical (unpaired) electrons. The Morgan fingerprint density at radius 1 is 1.04 bits per heavy atom. The Kier molecular flexibility index (Phi) is 4.77. The van der Waals surface area contributed by atoms with Gasteiger partial charge in [-0.3, -0.25) is 9.88 Å². The molecule has 26 heavy (non-hydrogen) atoms. The standard InChI is InChI=1S/C22H28N4/c1-15-9-20(10-16(2)23-15)11-18-5-4-8-26(13-18)14-19-6-7-21-22(12-19)25-17(3)24-21/h6-7,9-10,12,18H,4-5,8,11,13-14H2,1-3H3,(H,24,25). The van der Waals surface area contributed by atoms with Crippen LogP contribution in [0.1, 0.15) is 41.2 Å². The SMILES string of the molecule is Cc1cc(CC2CCCN(Cc3ccc4nc(C)[nH]c4c3)C2)cc(C)n1. The Morgan fingerprint density at radius 3 is 2.65 bits per heavy atom. The minimum absolute atomic E-state index is 0.739. The van der Waals surface area contributed by atoms with Crippen molar-refractivity contribution in [2.24, 2.45) is 5.92 Å². The molecule has 1 unspecified atom stereocenters. The van der Waals surface area contributed by atoms with Gasteiger partial charge in [0, 0.05) is 24.5 Å². The molecule has 0 amide bonds. The quantitative estimate of drug-likeness (QED) is 0.763. The van der Waals surface area contributed by atoms with E-state index in [9.17, 15) is 0 Å². The molecule has 3 aromatic rings. The van der Waals surface area contributed by atoms with Crippen molar-refractivity contribution in [1.82, 2.24) is 19.9 Å². The van der Waals surface area contributed by atoms with Crippen molar-refractivity contribution < 1.29 is 0 Å². The van der Waals surface area contributed by atoms with Crippen LogP contribution in [0.2, 0.25) is 0 Å². The third-order valence-electron chi connectivity index (χ3n) is 5.34. The number of imidazole rings is 1. The van der Waals surface area contributed by atoms with Crippen LogP contribution in [0.15, 0.2) is 30.3 Å². The Bertz CT molecular complexity index is 891. The van der Waals surface area contributed by atoms with E-state index in [2.05, 4.69) is 64.0 Å². The van der Waals surface area contributed by atoms with Gasteiger partial charge in [-0.15, -0.1) is 0 Å². The summed E-state index contributed by atoms with van der Waals surface area (Å²) < 4.78 is 0. The summed E-state index contributed by atoms with van der Waals surface area (Å²) in [7, 11) is 0. The first kappa shape index (κ1) is 17.2. The van der Waals surface area contributed by atoms with Gasteiger partial charge >= 0.3 is 0 Å². The lowest BCUT2D eigenvalue weighted by Gasteiger charge is -2.33. The lowest BCUT2D eigenvalue weighted by atomic mass is 9.91. The number of H-pyrrole nitrogens is 1. The van der Waals surface area contributed by atoms with E-state index in [-0.39, 0.29) is 0 Å². The van der Waals surface area contributed by atoms with E-state index < -0.39 is 0 Å². The van der Waals surface area contributed by atoms with E-state index >= 15 is 0 Å². The van der Waals surface area contributed by atoms with Crippen LogP contribution in [-0.2, 0) is 13.0 Å². The molecular formula is C22H28N4. The number of pyridine rings is 1. The average molecular weight is 348 g/mol. The molecule has 1 N–H and O–H groups in total. The highest BCUT2D eigenvalue weighted by Crippen LogP contribution is 2.23. The largest absolute Gasteiger partial charge is 0.342 e. The molecule has 1 fully saturated rings. The van der Waals surface area contributed by atoms with Crippen LogP contribution >= 0.6 is 0 Å². The van der Waals surface area contributed by atoms with Gasteiger partial charge in [0.1, 0.15) is 5.82 Å². The van der Waals surface area contributed by atoms with Gasteiger partial charge in [0.15, 0.2) is 0 Å². The molecule has 1 aromatic carbocycles. The Labute approximate surface area is 155 Å². The second kappa shape index (κ2) is 7.20. The summed E-state index contributed by atoms with van der Waals surface area (Å²) in [4.78, 5) is 15.0. The molecule has 1 atom stereocenters. The first-order valence-corrected chi connectivity index (χ1v) is 9.67. The van der Waals surface area contributed by atoms with E-state index in [1.165, 1.54) is 43.5 Å². The summed E-state index contributed by atoms with van der Waals surface area (Å²) in [5, 5.41) is 0. The van der Waals surface area contributed by atoms with Gasteiger partial charge in [0.05, 0.1) is 11.0 Å². The number of aromatic nitrogens is 3. The van der Waals surface area contributed by atoms with Gasteiger partial charge in [-0.25, -0.2) is 4.98 Å². The number of nitrogens with one attached hydrogen (secondary N) is 1. The van der Waals surface area contributed by atoms with Crippen LogP contribution in [0.5, 0.6) is 0 Å². The minimum Gasteiger partial charge on any atom is -0.342 e. The normalized spacial score (nSPS) is 18.5. The van der Waals surface area contributed by atoms with Crippen molar-refractivity contribution in [1.29, 1.82) is 0 Å². The molecule has 3 heterocycles. The van der Waals surface area contributed by atoms with Crippen LogP contribution in [0.4, 0.5) is 0 Å². The molecule has 0 aliphatic carbocycles. The van der Waals surface area contributed by atoms with Gasteiger partial charge in [-0.2, -0.15) is 0 Å². The van der Waals surface area contributed by atoms with Crippen molar-refractivity contribution in [3.8, 4) is 0 Å². The van der Waals surface area contributed by atoms with E-state index in [0.29, 0.717) is 0 Å². The van der Waals surface area contributed by atoms with E-state index in [1.807, 2.05) is 6.92 Å². The number of aryl methyl sites for hydroxylation is 3. The van der Waals surface area contributed by atoms with Gasteiger partial charge in [0.2, 0.25) is 0 Å². The topological polar surface area (TPSA) is 44.8 Å². The smallest absolute Gasteiger partial charge is 0.104 e. The maximum atomic E-state index is 4.51. The maximum Gasteiger partial charge on any atom is 0.104 e. The first-order chi connectivity index (χ1) is 12.5. The summed E-state index contributed by atoms with van der Waals surface area (Å²) >= 11 is 0. The second-order valence-electron chi connectivity index (χ2n) is 7.88. The number of rotatable bonds is 4. The third-order valence-corrected chi connectivity index (χ3v) is 5.34. The van der Waals surface area contributed by atoms with Crippen LogP contribution in [0, 0.1) is 26.7 Å². The zero-order chi connectivity index (χ0) is 18.1. The summed E-state index contributed by atoms with van der Waals surface area (Å²) in [6.45, 7) is 9.61. The number of likely N-dealkylation sites (tertiary alicyclic amines) is 1. The number of fused-ring (bicyclic) bond motifs is 1. The molecular weight excluding hydrogens is 320 g/mol. The fourth-order valence-electron chi connectivity index (χ4n) is 4.37. The maximum absolute atomic E-state index is 4.51. The molecule has 1 aliphatic rings. The zero-order valence-corrected chi connectivity index (χ0v) is 16.0. The highest BCUT2D eigenvalue weighted by atomic mass is 15.1. The Balaban J connectivity index is 1.42. The number of nitrogens with zero attached hydrogens (tertiary/aromatic N) is 3. The van der Waals surface area contributed by atoms with Gasteiger partial charge in [0.25, 0.3) is 0 Å². The summed E-state index contributed by atoms with van der Waals surface area (Å²) in [6, 6.07) is 11.1. The minimum atomic E-state index is 0.739. The average Bonchev–Trinajstić information content (AvgIpc) is 2.93. The predicted molar refractivity (Wildman–Crippen MR) is 106 cm³/mol. The fourth-order valence-corrected chi connectivity index (χ4v) is 4.37. The fraction of sp³-hybridized carbons (Fsp3) is 0.455. The lowest BCUT2D eigenvalue weighted by molar-refractivity contribution is 0.167. The molecule has 1 aliphatic heterocycles. The van der Waals surface area contributed by atoms with Gasteiger partial charge in [-0.05, 0) is 87.9 Å². The number of hydrogen-bond donors (Lipinski definition) is 1. The highest BCUT2D eigenvalue weighted by molar-refractivity contribution is 5.75. The molecule has 0 spiro atoms. The molecule has 4 nitrogen and oxygen atoms in total. The molecule has 0 bridgehead atoms. The molecule has 4 rings (SSSR count). The van der Waals surface area contributed by atoms with Crippen LogP contribution < -0.4 is 0 Å². The first-order valence-electron chi connectivity index (χ1n) is 9.67. The predicted octanol–water partition coefficient (Wildman–Crippen LogP) is 4.34. The highest BCUT2D eigenvalue weighted by Gasteiger charge is 2.20. The monoisotopic (exact) mass is 348 g/mol. The molecule has 0 saturated carbocycles. The summed E-state index contributed by atoms with van der Waals surface area (Å²) in [5.74, 6) is 1.72. The third kappa shape index (κ3) is 3.96. The van der Waals surface area contributed by atoms with Crippen LogP contribution in [0.3, 0.4) is 0 Å². The van der Waals surface area contributed by atoms with E-state index in [0.717, 1.165) is 40.7 Å². The van der Waals surface area contributed by atoms with E-state index in [1.54, 1.807) is 0 Å². The number of benzene rings is 1. The van der Waals surface area contributed by atoms with Crippen molar-refractivity contribution in [2.45, 2.75) is 46.6 Å². The van der Waals surface area contributed by atoms with Crippen molar-refractivity contribution >= 4 is 11.0 Å². The van der Waals surface area contributed by atoms with Crippen molar-refractivity contribution in [3.05, 3.63) is 58.7 Å².